The van der Waals surface area contributed by atoms with Crippen LogP contribution in [0.5, 0.6) is 0 Å². The molecule has 1 aromatic carbocycles. The fourth-order valence-corrected chi connectivity index (χ4v) is 3.48. The van der Waals surface area contributed by atoms with Gasteiger partial charge in [-0.25, -0.2) is 14.4 Å². The number of anilines is 2. The van der Waals surface area contributed by atoms with Crippen molar-refractivity contribution in [3.05, 3.63) is 87.9 Å². The maximum Gasteiger partial charge on any atom is 0.263 e. The maximum absolute atomic E-state index is 13.8. The van der Waals surface area contributed by atoms with Crippen molar-refractivity contribution in [1.29, 1.82) is 5.26 Å². The quantitative estimate of drug-likeness (QED) is 0.544. The minimum atomic E-state index is -0.496. The van der Waals surface area contributed by atoms with Gasteiger partial charge in [-0.2, -0.15) is 5.26 Å². The van der Waals surface area contributed by atoms with Crippen molar-refractivity contribution in [2.45, 2.75) is 13.5 Å². The second-order valence-electron chi connectivity index (χ2n) is 6.70. The van der Waals surface area contributed by atoms with Crippen molar-refractivity contribution in [2.75, 3.05) is 11.1 Å². The van der Waals surface area contributed by atoms with Crippen molar-refractivity contribution >= 4 is 17.2 Å². The smallest absolute Gasteiger partial charge is 0.263 e. The van der Waals surface area contributed by atoms with Crippen LogP contribution in [0.1, 0.15) is 16.7 Å². The molecule has 30 heavy (non-hydrogen) atoms. The molecule has 0 amide bonds. The van der Waals surface area contributed by atoms with Crippen LogP contribution in [0, 0.1) is 24.1 Å². The zero-order chi connectivity index (χ0) is 21.3. The van der Waals surface area contributed by atoms with Crippen LogP contribution in [0.15, 0.2) is 59.8 Å². The number of hydrogen-bond acceptors (Lipinski definition) is 6. The summed E-state index contributed by atoms with van der Waals surface area (Å²) in [5.74, 6) is -0.143. The molecule has 0 spiro atoms. The number of nitrogens with zero attached hydrogens (tertiary/aromatic N) is 4. The highest BCUT2D eigenvalue weighted by atomic mass is 19.1. The van der Waals surface area contributed by atoms with E-state index in [4.69, 9.17) is 5.73 Å². The Kier molecular flexibility index (Phi) is 4.86. The molecule has 0 aliphatic heterocycles. The predicted molar refractivity (Wildman–Crippen MR) is 112 cm³/mol. The van der Waals surface area contributed by atoms with Crippen LogP contribution in [0.2, 0.25) is 0 Å². The van der Waals surface area contributed by atoms with Gasteiger partial charge < -0.3 is 11.1 Å². The molecule has 3 heterocycles. The lowest BCUT2D eigenvalue weighted by atomic mass is 9.96. The summed E-state index contributed by atoms with van der Waals surface area (Å²) in [6.07, 6.45) is 2.45. The zero-order valence-corrected chi connectivity index (χ0v) is 16.1. The molecular formula is C22H17FN6O. The summed E-state index contributed by atoms with van der Waals surface area (Å²) in [7, 11) is 0. The Hall–Kier alpha value is -4.25. The van der Waals surface area contributed by atoms with Crippen molar-refractivity contribution in [1.82, 2.24) is 14.4 Å². The molecule has 0 radical (unpaired) electrons. The van der Waals surface area contributed by atoms with Crippen molar-refractivity contribution in [2.24, 2.45) is 0 Å². The first-order valence-electron chi connectivity index (χ1n) is 9.14. The molecule has 8 heteroatoms. The van der Waals surface area contributed by atoms with E-state index in [-0.39, 0.29) is 29.3 Å². The highest BCUT2D eigenvalue weighted by Crippen LogP contribution is 2.27. The molecule has 3 aromatic heterocycles. The van der Waals surface area contributed by atoms with Gasteiger partial charge in [0.25, 0.3) is 5.56 Å². The van der Waals surface area contributed by atoms with Gasteiger partial charge in [-0.15, -0.1) is 0 Å². The largest absolute Gasteiger partial charge is 0.382 e. The number of nitrogens with two attached hydrogens (primary N) is 1. The third kappa shape index (κ3) is 3.22. The molecule has 0 saturated heterocycles. The maximum atomic E-state index is 13.8. The van der Waals surface area contributed by atoms with E-state index >= 15 is 0 Å². The van der Waals surface area contributed by atoms with E-state index in [1.165, 1.54) is 23.0 Å². The molecular weight excluding hydrogens is 383 g/mol. The van der Waals surface area contributed by atoms with Crippen molar-refractivity contribution in [3.8, 4) is 17.2 Å². The first-order chi connectivity index (χ1) is 14.5. The lowest BCUT2D eigenvalue weighted by Gasteiger charge is -2.17. The Balaban J connectivity index is 1.92. The van der Waals surface area contributed by atoms with Gasteiger partial charge in [0.15, 0.2) is 0 Å². The molecule has 0 saturated carbocycles. The molecule has 0 aliphatic rings. The number of hydrogen-bond donors (Lipinski definition) is 2. The number of nitrogen functional groups attached to an aromatic ring is 1. The van der Waals surface area contributed by atoms with Crippen LogP contribution in [0.25, 0.3) is 16.6 Å². The van der Waals surface area contributed by atoms with Gasteiger partial charge in [0.05, 0.1) is 11.1 Å². The van der Waals surface area contributed by atoms with Crippen LogP contribution < -0.4 is 16.6 Å². The minimum Gasteiger partial charge on any atom is -0.382 e. The van der Waals surface area contributed by atoms with E-state index < -0.39 is 5.82 Å². The van der Waals surface area contributed by atoms with Crippen LogP contribution >= 0.6 is 0 Å². The summed E-state index contributed by atoms with van der Waals surface area (Å²) in [6.45, 7) is 2.08. The van der Waals surface area contributed by atoms with E-state index in [1.807, 2.05) is 43.3 Å². The summed E-state index contributed by atoms with van der Waals surface area (Å²) in [5, 5.41) is 12.5. The van der Waals surface area contributed by atoms with Gasteiger partial charge in [-0.05, 0) is 35.7 Å². The first kappa shape index (κ1) is 19.1. The normalized spacial score (nSPS) is 10.7. The summed E-state index contributed by atoms with van der Waals surface area (Å²) in [5.41, 5.74) is 8.85. The van der Waals surface area contributed by atoms with E-state index in [2.05, 4.69) is 15.3 Å². The third-order valence-electron chi connectivity index (χ3n) is 4.97. The Bertz CT molecular complexity index is 1360. The average molecular weight is 400 g/mol. The van der Waals surface area contributed by atoms with Crippen molar-refractivity contribution in [3.63, 3.8) is 0 Å². The van der Waals surface area contributed by atoms with Gasteiger partial charge in [0.1, 0.15) is 35.4 Å². The fourth-order valence-electron chi connectivity index (χ4n) is 3.48. The van der Waals surface area contributed by atoms with E-state index in [0.717, 1.165) is 11.1 Å². The zero-order valence-electron chi connectivity index (χ0n) is 16.1. The predicted octanol–water partition coefficient (Wildman–Crippen LogP) is 3.27. The van der Waals surface area contributed by atoms with E-state index in [1.54, 1.807) is 6.07 Å². The summed E-state index contributed by atoms with van der Waals surface area (Å²) in [4.78, 5) is 21.2. The molecule has 4 rings (SSSR count). The number of aryl methyl sites for hydroxylation is 1. The SMILES string of the molecule is Cc1c(CNc2ncnc(N)c2C#N)c(-c2ccccc2)c(=O)n2cc(F)ccc12. The molecule has 0 fully saturated rings. The summed E-state index contributed by atoms with van der Waals surface area (Å²) < 4.78 is 15.2. The van der Waals surface area contributed by atoms with E-state index in [0.29, 0.717) is 16.6 Å². The first-order valence-corrected chi connectivity index (χ1v) is 9.14. The Labute approximate surface area is 171 Å². The minimum absolute atomic E-state index is 0.0732. The van der Waals surface area contributed by atoms with Gasteiger partial charge >= 0.3 is 0 Å². The molecule has 4 aromatic rings. The molecule has 3 N–H and O–H groups in total. The highest BCUT2D eigenvalue weighted by molar-refractivity contribution is 5.74. The standard InChI is InChI=1S/C22H17FN6O/c1-13-17(10-26-21-16(9-24)20(25)27-12-28-21)19(14-5-3-2-4-6-14)22(30)29-11-15(23)7-8-18(13)29/h2-8,11-12H,10H2,1H3,(H3,25,26,27,28). The number of pyridine rings is 2. The second-order valence-corrected chi connectivity index (χ2v) is 6.70. The number of nitrogens with one attached hydrogen (secondary N) is 1. The molecule has 148 valence electrons. The summed E-state index contributed by atoms with van der Waals surface area (Å²) in [6, 6.07) is 14.1. The van der Waals surface area contributed by atoms with Crippen LogP contribution in [-0.2, 0) is 6.54 Å². The van der Waals surface area contributed by atoms with E-state index in [9.17, 15) is 14.4 Å². The molecule has 7 nitrogen and oxygen atoms in total. The molecule has 0 aliphatic carbocycles. The Morgan fingerprint density at radius 1 is 1.20 bits per heavy atom. The van der Waals surface area contributed by atoms with Gasteiger partial charge in [0.2, 0.25) is 0 Å². The van der Waals surface area contributed by atoms with Crippen LogP contribution in [0.4, 0.5) is 16.0 Å². The van der Waals surface area contributed by atoms with Crippen LogP contribution in [0.3, 0.4) is 0 Å². The molecule has 0 unspecified atom stereocenters. The number of halogens is 1. The van der Waals surface area contributed by atoms with Crippen molar-refractivity contribution < 1.29 is 4.39 Å². The topological polar surface area (TPSA) is 109 Å². The molecule has 0 bridgehead atoms. The number of benzene rings is 1. The fraction of sp³-hybridized carbons (Fsp3) is 0.0909. The van der Waals surface area contributed by atoms with Gasteiger partial charge in [-0.3, -0.25) is 9.20 Å². The van der Waals surface area contributed by atoms with Gasteiger partial charge in [-0.1, -0.05) is 30.3 Å². The average Bonchev–Trinajstić information content (AvgIpc) is 2.75. The summed E-state index contributed by atoms with van der Waals surface area (Å²) >= 11 is 0. The lowest BCUT2D eigenvalue weighted by Crippen LogP contribution is -2.21. The molecule has 0 atom stereocenters. The monoisotopic (exact) mass is 400 g/mol. The second kappa shape index (κ2) is 7.64. The number of fused-ring (bicyclic) bond motifs is 1. The third-order valence-corrected chi connectivity index (χ3v) is 4.97. The van der Waals surface area contributed by atoms with Gasteiger partial charge in [0, 0.05) is 12.7 Å². The number of nitriles is 1. The van der Waals surface area contributed by atoms with Crippen LogP contribution in [-0.4, -0.2) is 14.4 Å². The Morgan fingerprint density at radius 2 is 1.97 bits per heavy atom. The number of aromatic nitrogens is 3. The Morgan fingerprint density at radius 3 is 2.70 bits per heavy atom. The number of rotatable bonds is 4. The lowest BCUT2D eigenvalue weighted by molar-refractivity contribution is 0.618. The highest BCUT2D eigenvalue weighted by Gasteiger charge is 2.18.